The molecular formula is C13H22N4O2S. The molecule has 5 N–H and O–H groups in total. The third kappa shape index (κ3) is 4.08. The van der Waals surface area contributed by atoms with Gasteiger partial charge < -0.3 is 21.5 Å². The summed E-state index contributed by atoms with van der Waals surface area (Å²) >= 11 is 1.22. The van der Waals surface area contributed by atoms with Crippen LogP contribution >= 0.6 is 11.5 Å². The number of carbonyl (C=O) groups is 1. The number of aliphatic hydroxyl groups excluding tert-OH is 1. The first-order valence-corrected chi connectivity index (χ1v) is 7.80. The normalized spacial score (nSPS) is 15.9. The Labute approximate surface area is 122 Å². The van der Waals surface area contributed by atoms with Gasteiger partial charge in [-0.2, -0.15) is 4.37 Å². The summed E-state index contributed by atoms with van der Waals surface area (Å²) in [4.78, 5) is 12.1. The number of rotatable bonds is 8. The average Bonchev–Trinajstić information content (AvgIpc) is 3.16. The summed E-state index contributed by atoms with van der Waals surface area (Å²) in [6, 6.07) is 0.306. The van der Waals surface area contributed by atoms with Crippen LogP contribution in [0.1, 0.15) is 43.0 Å². The minimum Gasteiger partial charge on any atom is -0.396 e. The van der Waals surface area contributed by atoms with Gasteiger partial charge in [0.1, 0.15) is 10.6 Å². The number of hydrogen-bond donors (Lipinski definition) is 4. The maximum Gasteiger partial charge on any atom is 0.258 e. The second-order valence-electron chi connectivity index (χ2n) is 5.38. The van der Waals surface area contributed by atoms with Crippen LogP contribution in [0.4, 0.5) is 10.8 Å². The molecule has 1 aromatic heterocycles. The van der Waals surface area contributed by atoms with E-state index in [1.54, 1.807) is 0 Å². The fourth-order valence-corrected chi connectivity index (χ4v) is 2.61. The lowest BCUT2D eigenvalue weighted by Crippen LogP contribution is -2.26. The van der Waals surface area contributed by atoms with Gasteiger partial charge in [-0.15, -0.1) is 0 Å². The maximum atomic E-state index is 12.1. The summed E-state index contributed by atoms with van der Waals surface area (Å²) < 4.78 is 4.05. The molecule has 1 heterocycles. The van der Waals surface area contributed by atoms with Gasteiger partial charge in [-0.1, -0.05) is 6.92 Å². The highest BCUT2D eigenvalue weighted by molar-refractivity contribution is 7.11. The van der Waals surface area contributed by atoms with E-state index in [0.29, 0.717) is 23.3 Å². The number of nitrogen functional groups attached to an aromatic ring is 1. The predicted octanol–water partition coefficient (Wildman–Crippen LogP) is 1.44. The van der Waals surface area contributed by atoms with Gasteiger partial charge in [0.2, 0.25) is 0 Å². The van der Waals surface area contributed by atoms with Crippen molar-refractivity contribution in [2.45, 2.75) is 38.6 Å². The van der Waals surface area contributed by atoms with E-state index in [0.717, 1.165) is 37.2 Å². The molecule has 20 heavy (non-hydrogen) atoms. The first-order valence-electron chi connectivity index (χ1n) is 7.02. The highest BCUT2D eigenvalue weighted by Gasteiger charge is 2.27. The highest BCUT2D eigenvalue weighted by Crippen LogP contribution is 2.28. The lowest BCUT2D eigenvalue weighted by atomic mass is 10.1. The third-order valence-electron chi connectivity index (χ3n) is 3.33. The van der Waals surface area contributed by atoms with Crippen LogP contribution in [0.15, 0.2) is 0 Å². The first kappa shape index (κ1) is 15.1. The molecule has 0 aromatic carbocycles. The topological polar surface area (TPSA) is 100 Å². The SMILES string of the molecule is CC(CO)CCCNc1snc(N)c1C(=O)NC1CC1. The zero-order chi connectivity index (χ0) is 14.5. The molecule has 0 radical (unpaired) electrons. The average molecular weight is 298 g/mol. The molecule has 1 fully saturated rings. The number of nitrogens with two attached hydrogens (primary N) is 1. The fraction of sp³-hybridized carbons (Fsp3) is 0.692. The molecule has 1 aromatic rings. The van der Waals surface area contributed by atoms with Crippen LogP contribution in [-0.4, -0.2) is 34.6 Å². The van der Waals surface area contributed by atoms with Gasteiger partial charge in [0, 0.05) is 19.2 Å². The minimum absolute atomic E-state index is 0.134. The van der Waals surface area contributed by atoms with Crippen molar-refractivity contribution in [3.63, 3.8) is 0 Å². The lowest BCUT2D eigenvalue weighted by Gasteiger charge is -2.09. The number of aromatic nitrogens is 1. The Bertz CT molecular complexity index is 459. The molecule has 0 spiro atoms. The Morgan fingerprint density at radius 2 is 2.35 bits per heavy atom. The van der Waals surface area contributed by atoms with E-state index in [2.05, 4.69) is 15.0 Å². The minimum atomic E-state index is -0.134. The van der Waals surface area contributed by atoms with Gasteiger partial charge in [-0.3, -0.25) is 4.79 Å². The Morgan fingerprint density at radius 1 is 1.60 bits per heavy atom. The van der Waals surface area contributed by atoms with Crippen LogP contribution in [0, 0.1) is 5.92 Å². The van der Waals surface area contributed by atoms with Gasteiger partial charge in [0.15, 0.2) is 5.82 Å². The monoisotopic (exact) mass is 298 g/mol. The van der Waals surface area contributed by atoms with Crippen LogP contribution in [0.5, 0.6) is 0 Å². The van der Waals surface area contributed by atoms with Gasteiger partial charge >= 0.3 is 0 Å². The number of anilines is 2. The Balaban J connectivity index is 1.86. The molecule has 1 aliphatic rings. The molecule has 1 saturated carbocycles. The summed E-state index contributed by atoms with van der Waals surface area (Å²) in [5.41, 5.74) is 6.25. The molecule has 2 rings (SSSR count). The van der Waals surface area contributed by atoms with Crippen molar-refractivity contribution in [2.75, 3.05) is 24.2 Å². The summed E-state index contributed by atoms with van der Waals surface area (Å²) in [6.07, 6.45) is 3.97. The van der Waals surface area contributed by atoms with Gasteiger partial charge in [0.25, 0.3) is 5.91 Å². The first-order chi connectivity index (χ1) is 9.61. The number of carbonyl (C=O) groups excluding carboxylic acids is 1. The van der Waals surface area contributed by atoms with E-state index in [-0.39, 0.29) is 12.5 Å². The molecule has 7 heteroatoms. The van der Waals surface area contributed by atoms with E-state index >= 15 is 0 Å². The third-order valence-corrected chi connectivity index (χ3v) is 4.15. The van der Waals surface area contributed by atoms with E-state index in [1.807, 2.05) is 6.92 Å². The van der Waals surface area contributed by atoms with Crippen molar-refractivity contribution in [2.24, 2.45) is 5.92 Å². The molecule has 1 aliphatic carbocycles. The molecule has 0 bridgehead atoms. The van der Waals surface area contributed by atoms with E-state index in [9.17, 15) is 4.79 Å². The largest absolute Gasteiger partial charge is 0.396 e. The molecule has 0 saturated heterocycles. The summed E-state index contributed by atoms with van der Waals surface area (Å²) in [6.45, 7) is 2.97. The van der Waals surface area contributed by atoms with Crippen molar-refractivity contribution in [3.05, 3.63) is 5.56 Å². The zero-order valence-electron chi connectivity index (χ0n) is 11.7. The maximum absolute atomic E-state index is 12.1. The number of aliphatic hydroxyl groups is 1. The van der Waals surface area contributed by atoms with Gasteiger partial charge in [-0.05, 0) is 43.1 Å². The smallest absolute Gasteiger partial charge is 0.258 e. The van der Waals surface area contributed by atoms with Crippen molar-refractivity contribution in [3.8, 4) is 0 Å². The summed E-state index contributed by atoms with van der Waals surface area (Å²) in [5, 5.41) is 15.8. The van der Waals surface area contributed by atoms with E-state index < -0.39 is 0 Å². The van der Waals surface area contributed by atoms with Crippen LogP contribution in [0.25, 0.3) is 0 Å². The fourth-order valence-electron chi connectivity index (χ4n) is 1.87. The molecule has 0 aliphatic heterocycles. The molecule has 1 amide bonds. The van der Waals surface area contributed by atoms with Crippen molar-refractivity contribution in [1.82, 2.24) is 9.69 Å². The molecule has 1 unspecified atom stereocenters. The number of nitrogens with zero attached hydrogens (tertiary/aromatic N) is 1. The molecular weight excluding hydrogens is 276 g/mol. The molecule has 6 nitrogen and oxygen atoms in total. The summed E-state index contributed by atoms with van der Waals surface area (Å²) in [5.74, 6) is 0.463. The lowest BCUT2D eigenvalue weighted by molar-refractivity contribution is 0.0953. The Hall–Kier alpha value is -1.34. The van der Waals surface area contributed by atoms with Crippen LogP contribution in [0.3, 0.4) is 0 Å². The van der Waals surface area contributed by atoms with E-state index in [4.69, 9.17) is 10.8 Å². The number of hydrogen-bond acceptors (Lipinski definition) is 6. The van der Waals surface area contributed by atoms with Crippen LogP contribution in [-0.2, 0) is 0 Å². The molecule has 1 atom stereocenters. The number of nitrogens with one attached hydrogen (secondary N) is 2. The standard InChI is InChI=1S/C13H22N4O2S/c1-8(7-18)3-2-6-15-13-10(11(14)17-20-13)12(19)16-9-4-5-9/h8-9,15,18H,2-7H2,1H3,(H2,14,17)(H,16,19). The van der Waals surface area contributed by atoms with Crippen molar-refractivity contribution >= 4 is 28.3 Å². The van der Waals surface area contributed by atoms with E-state index in [1.165, 1.54) is 11.5 Å². The quantitative estimate of drug-likeness (QED) is 0.544. The molecule has 112 valence electrons. The van der Waals surface area contributed by atoms with Crippen LogP contribution in [0.2, 0.25) is 0 Å². The van der Waals surface area contributed by atoms with Gasteiger partial charge in [0.05, 0.1) is 0 Å². The van der Waals surface area contributed by atoms with Crippen molar-refractivity contribution < 1.29 is 9.90 Å². The Kier molecular flexibility index (Phi) is 5.19. The second-order valence-corrected chi connectivity index (χ2v) is 6.15. The predicted molar refractivity (Wildman–Crippen MR) is 81.0 cm³/mol. The Morgan fingerprint density at radius 3 is 3.00 bits per heavy atom. The second kappa shape index (κ2) is 6.90. The zero-order valence-corrected chi connectivity index (χ0v) is 12.5. The number of amides is 1. The van der Waals surface area contributed by atoms with Crippen molar-refractivity contribution in [1.29, 1.82) is 0 Å². The highest BCUT2D eigenvalue weighted by atomic mass is 32.1. The van der Waals surface area contributed by atoms with Crippen LogP contribution < -0.4 is 16.4 Å². The summed E-state index contributed by atoms with van der Waals surface area (Å²) in [7, 11) is 0. The van der Waals surface area contributed by atoms with Gasteiger partial charge in [-0.25, -0.2) is 0 Å².